The molecule has 2 N–H and O–H groups in total. The second-order valence-electron chi connectivity index (χ2n) is 4.75. The Morgan fingerprint density at radius 3 is 2.81 bits per heavy atom. The number of hydrogen-bond donors (Lipinski definition) is 1. The number of aryl methyl sites for hydroxylation is 1. The summed E-state index contributed by atoms with van der Waals surface area (Å²) in [4.78, 5) is 2.28. The van der Waals surface area contributed by atoms with E-state index in [-0.39, 0.29) is 6.04 Å². The molecule has 88 valence electrons. The second kappa shape index (κ2) is 4.85. The van der Waals surface area contributed by atoms with E-state index in [1.165, 1.54) is 0 Å². The first-order valence-corrected chi connectivity index (χ1v) is 5.81. The van der Waals surface area contributed by atoms with Gasteiger partial charge in [-0.2, -0.15) is 0 Å². The molecule has 0 amide bonds. The van der Waals surface area contributed by atoms with Gasteiger partial charge in [-0.15, -0.1) is 0 Å². The largest absolute Gasteiger partial charge is 0.465 e. The Labute approximate surface area is 96.9 Å². The fourth-order valence-electron chi connectivity index (χ4n) is 2.24. The lowest BCUT2D eigenvalue weighted by molar-refractivity contribution is 0.263. The van der Waals surface area contributed by atoms with Gasteiger partial charge in [0.1, 0.15) is 11.5 Å². The van der Waals surface area contributed by atoms with Crippen LogP contribution in [0.4, 0.5) is 0 Å². The van der Waals surface area contributed by atoms with Crippen molar-refractivity contribution in [2.24, 2.45) is 11.7 Å². The zero-order chi connectivity index (χ0) is 11.5. The second-order valence-corrected chi connectivity index (χ2v) is 4.75. The topological polar surface area (TPSA) is 42.4 Å². The third-order valence-corrected chi connectivity index (χ3v) is 2.97. The van der Waals surface area contributed by atoms with E-state index in [4.69, 9.17) is 10.2 Å². The molecule has 0 aromatic carbocycles. The van der Waals surface area contributed by atoms with Gasteiger partial charge in [0, 0.05) is 12.6 Å². The molecule has 1 aromatic rings. The Hall–Kier alpha value is -1.06. The maximum atomic E-state index is 5.83. The summed E-state index contributed by atoms with van der Waals surface area (Å²) in [7, 11) is 2.12. The maximum absolute atomic E-state index is 5.83. The molecule has 2 rings (SSSR count). The summed E-state index contributed by atoms with van der Waals surface area (Å²) < 4.78 is 5.56. The zero-order valence-corrected chi connectivity index (χ0v) is 10.0. The van der Waals surface area contributed by atoms with Crippen LogP contribution in [0, 0.1) is 12.8 Å². The van der Waals surface area contributed by atoms with E-state index in [9.17, 15) is 0 Å². The molecule has 0 radical (unpaired) electrons. The van der Waals surface area contributed by atoms with Crippen molar-refractivity contribution in [2.75, 3.05) is 13.6 Å². The molecule has 0 saturated carbocycles. The van der Waals surface area contributed by atoms with Gasteiger partial charge in [0.25, 0.3) is 0 Å². The summed E-state index contributed by atoms with van der Waals surface area (Å²) in [6, 6.07) is 4.31. The molecular formula is C13H20N2O. The van der Waals surface area contributed by atoms with Gasteiger partial charge >= 0.3 is 0 Å². The smallest absolute Gasteiger partial charge is 0.118 e. The Morgan fingerprint density at radius 1 is 1.44 bits per heavy atom. The van der Waals surface area contributed by atoms with E-state index in [2.05, 4.69) is 24.1 Å². The highest BCUT2D eigenvalue weighted by Gasteiger charge is 2.17. The van der Waals surface area contributed by atoms with Crippen molar-refractivity contribution in [3.63, 3.8) is 0 Å². The summed E-state index contributed by atoms with van der Waals surface area (Å²) >= 11 is 0. The third kappa shape index (κ3) is 2.97. The van der Waals surface area contributed by atoms with Gasteiger partial charge in [-0.1, -0.05) is 12.2 Å². The SMILES string of the molecule is Cc1ccc(CN(C)CC2C=CC(N)C2)o1. The van der Waals surface area contributed by atoms with Gasteiger partial charge in [-0.25, -0.2) is 0 Å². The van der Waals surface area contributed by atoms with Crippen molar-refractivity contribution in [3.05, 3.63) is 35.8 Å². The van der Waals surface area contributed by atoms with Crippen LogP contribution in [0.25, 0.3) is 0 Å². The number of furan rings is 1. The number of nitrogens with zero attached hydrogens (tertiary/aromatic N) is 1. The van der Waals surface area contributed by atoms with Crippen LogP contribution in [-0.2, 0) is 6.54 Å². The predicted octanol–water partition coefficient (Wildman–Crippen LogP) is 1.92. The summed E-state index contributed by atoms with van der Waals surface area (Å²) in [5.74, 6) is 2.61. The normalized spacial score (nSPS) is 24.5. The van der Waals surface area contributed by atoms with Gasteiger partial charge in [0.05, 0.1) is 6.54 Å². The van der Waals surface area contributed by atoms with Crippen molar-refractivity contribution in [1.82, 2.24) is 4.90 Å². The van der Waals surface area contributed by atoms with Crippen molar-refractivity contribution < 1.29 is 4.42 Å². The molecule has 1 aliphatic rings. The molecule has 3 heteroatoms. The van der Waals surface area contributed by atoms with Crippen LogP contribution < -0.4 is 5.73 Å². The molecule has 1 aliphatic carbocycles. The van der Waals surface area contributed by atoms with E-state index >= 15 is 0 Å². The van der Waals surface area contributed by atoms with Crippen molar-refractivity contribution in [2.45, 2.75) is 25.9 Å². The van der Waals surface area contributed by atoms with Crippen molar-refractivity contribution in [1.29, 1.82) is 0 Å². The van der Waals surface area contributed by atoms with Crippen LogP contribution >= 0.6 is 0 Å². The lowest BCUT2D eigenvalue weighted by Gasteiger charge is -2.19. The van der Waals surface area contributed by atoms with Crippen LogP contribution in [0.2, 0.25) is 0 Å². The number of hydrogen-bond acceptors (Lipinski definition) is 3. The first-order chi connectivity index (χ1) is 7.63. The lowest BCUT2D eigenvalue weighted by Crippen LogP contribution is -2.25. The fraction of sp³-hybridized carbons (Fsp3) is 0.538. The minimum atomic E-state index is 0.254. The molecule has 3 nitrogen and oxygen atoms in total. The molecule has 2 atom stereocenters. The standard InChI is InChI=1S/C13H20N2O/c1-10-3-6-13(16-10)9-15(2)8-11-4-5-12(14)7-11/h3-6,11-12H,7-9,14H2,1-2H3. The van der Waals surface area contributed by atoms with Crippen molar-refractivity contribution >= 4 is 0 Å². The fourth-order valence-corrected chi connectivity index (χ4v) is 2.24. The van der Waals surface area contributed by atoms with E-state index in [0.717, 1.165) is 31.0 Å². The summed E-state index contributed by atoms with van der Waals surface area (Å²) in [6.45, 7) is 3.89. The molecule has 0 fully saturated rings. The van der Waals surface area contributed by atoms with E-state index < -0.39 is 0 Å². The molecule has 2 unspecified atom stereocenters. The molecule has 0 spiro atoms. The minimum Gasteiger partial charge on any atom is -0.465 e. The summed E-state index contributed by atoms with van der Waals surface area (Å²) in [6.07, 6.45) is 5.41. The van der Waals surface area contributed by atoms with Crippen LogP contribution in [0.15, 0.2) is 28.7 Å². The highest BCUT2D eigenvalue weighted by molar-refractivity contribution is 5.07. The lowest BCUT2D eigenvalue weighted by atomic mass is 10.1. The van der Waals surface area contributed by atoms with Gasteiger partial charge in [-0.3, -0.25) is 4.90 Å². The van der Waals surface area contributed by atoms with Gasteiger partial charge in [0.15, 0.2) is 0 Å². The first kappa shape index (κ1) is 11.4. The Morgan fingerprint density at radius 2 is 2.25 bits per heavy atom. The van der Waals surface area contributed by atoms with Crippen LogP contribution in [0.1, 0.15) is 17.9 Å². The molecule has 0 aliphatic heterocycles. The molecular weight excluding hydrogens is 200 g/mol. The molecule has 1 heterocycles. The van der Waals surface area contributed by atoms with E-state index in [1.807, 2.05) is 19.1 Å². The van der Waals surface area contributed by atoms with Crippen LogP contribution in [-0.4, -0.2) is 24.5 Å². The molecule has 0 saturated heterocycles. The van der Waals surface area contributed by atoms with Gasteiger partial charge in [0.2, 0.25) is 0 Å². The van der Waals surface area contributed by atoms with Crippen molar-refractivity contribution in [3.8, 4) is 0 Å². The monoisotopic (exact) mass is 220 g/mol. The van der Waals surface area contributed by atoms with Crippen LogP contribution in [0.5, 0.6) is 0 Å². The van der Waals surface area contributed by atoms with E-state index in [0.29, 0.717) is 5.92 Å². The highest BCUT2D eigenvalue weighted by atomic mass is 16.3. The number of nitrogens with two attached hydrogens (primary N) is 1. The first-order valence-electron chi connectivity index (χ1n) is 5.81. The van der Waals surface area contributed by atoms with E-state index in [1.54, 1.807) is 0 Å². The average molecular weight is 220 g/mol. The molecule has 0 bridgehead atoms. The number of rotatable bonds is 4. The quantitative estimate of drug-likeness (QED) is 0.788. The van der Waals surface area contributed by atoms with Gasteiger partial charge < -0.3 is 10.2 Å². The summed E-state index contributed by atoms with van der Waals surface area (Å²) in [5.41, 5.74) is 5.83. The minimum absolute atomic E-state index is 0.254. The Bertz CT molecular complexity index is 370. The Balaban J connectivity index is 1.80. The highest BCUT2D eigenvalue weighted by Crippen LogP contribution is 2.18. The predicted molar refractivity (Wildman–Crippen MR) is 65.0 cm³/mol. The third-order valence-electron chi connectivity index (χ3n) is 2.97. The van der Waals surface area contributed by atoms with Crippen LogP contribution in [0.3, 0.4) is 0 Å². The molecule has 1 aromatic heterocycles. The van der Waals surface area contributed by atoms with Gasteiger partial charge in [-0.05, 0) is 38.4 Å². The molecule has 16 heavy (non-hydrogen) atoms. The maximum Gasteiger partial charge on any atom is 0.118 e. The summed E-state index contributed by atoms with van der Waals surface area (Å²) in [5, 5.41) is 0. The zero-order valence-electron chi connectivity index (χ0n) is 10.0. The Kier molecular flexibility index (Phi) is 3.46. The average Bonchev–Trinajstić information content (AvgIpc) is 2.76.